The van der Waals surface area contributed by atoms with Crippen molar-refractivity contribution in [2.75, 3.05) is 39.4 Å². The van der Waals surface area contributed by atoms with E-state index in [1.165, 1.54) is 5.56 Å². The van der Waals surface area contributed by atoms with Crippen LogP contribution >= 0.6 is 11.8 Å². The normalized spacial score (nSPS) is 14.3. The Labute approximate surface area is 193 Å². The molecule has 1 amide bonds. The van der Waals surface area contributed by atoms with Gasteiger partial charge < -0.3 is 10.1 Å². The number of carbonyl (C=O) groups excluding carboxylic acids is 1. The summed E-state index contributed by atoms with van der Waals surface area (Å²) in [4.78, 5) is 14.7. The van der Waals surface area contributed by atoms with Gasteiger partial charge in [-0.05, 0) is 36.8 Å². The van der Waals surface area contributed by atoms with Crippen LogP contribution in [0.2, 0.25) is 0 Å². The van der Waals surface area contributed by atoms with E-state index in [2.05, 4.69) is 51.6 Å². The van der Waals surface area contributed by atoms with E-state index in [0.717, 1.165) is 60.4 Å². The lowest BCUT2D eigenvalue weighted by Gasteiger charge is -2.26. The summed E-state index contributed by atoms with van der Waals surface area (Å²) in [6.07, 6.45) is 0. The molecule has 1 fully saturated rings. The van der Waals surface area contributed by atoms with E-state index < -0.39 is 0 Å². The molecule has 0 atom stereocenters. The molecule has 2 aromatic carbocycles. The molecule has 2 heterocycles. The molecule has 0 aliphatic carbocycles. The third kappa shape index (κ3) is 6.38. The van der Waals surface area contributed by atoms with Crippen molar-refractivity contribution in [3.63, 3.8) is 0 Å². The standard InChI is InChI=1S/C25H28N4O2S/c1-19-2-6-21(7-3-19)23-10-11-24(28-27-23)32-18-20-4-8-22(9-5-20)25(30)26-12-13-29-14-16-31-17-15-29/h2-11H,12-18H2,1H3,(H,26,30). The molecular weight excluding hydrogens is 420 g/mol. The topological polar surface area (TPSA) is 67.4 Å². The number of amides is 1. The number of thioether (sulfide) groups is 1. The minimum absolute atomic E-state index is 0.0324. The molecule has 7 heteroatoms. The first-order valence-electron chi connectivity index (χ1n) is 10.9. The molecule has 166 valence electrons. The number of morpholine rings is 1. The lowest BCUT2D eigenvalue weighted by atomic mass is 10.1. The van der Waals surface area contributed by atoms with Gasteiger partial charge in [0.25, 0.3) is 5.91 Å². The fraction of sp³-hybridized carbons (Fsp3) is 0.320. The van der Waals surface area contributed by atoms with Crippen molar-refractivity contribution in [1.29, 1.82) is 0 Å². The van der Waals surface area contributed by atoms with Gasteiger partial charge in [-0.25, -0.2) is 0 Å². The van der Waals surface area contributed by atoms with Crippen molar-refractivity contribution in [2.24, 2.45) is 0 Å². The van der Waals surface area contributed by atoms with Crippen molar-refractivity contribution in [1.82, 2.24) is 20.4 Å². The van der Waals surface area contributed by atoms with Crippen LogP contribution in [0.3, 0.4) is 0 Å². The van der Waals surface area contributed by atoms with E-state index in [0.29, 0.717) is 12.1 Å². The molecule has 1 aliphatic heterocycles. The van der Waals surface area contributed by atoms with Crippen molar-refractivity contribution in [3.8, 4) is 11.3 Å². The second-order valence-corrected chi connectivity index (χ2v) is 8.81. The molecule has 4 rings (SSSR count). The van der Waals surface area contributed by atoms with E-state index in [9.17, 15) is 4.79 Å². The molecule has 0 radical (unpaired) electrons. The Hall–Kier alpha value is -2.74. The Morgan fingerprint density at radius 3 is 2.44 bits per heavy atom. The molecule has 0 unspecified atom stereocenters. The lowest BCUT2D eigenvalue weighted by Crippen LogP contribution is -2.41. The van der Waals surface area contributed by atoms with E-state index in [1.54, 1.807) is 11.8 Å². The van der Waals surface area contributed by atoms with Gasteiger partial charge in [-0.1, -0.05) is 53.7 Å². The first-order chi connectivity index (χ1) is 15.7. The summed E-state index contributed by atoms with van der Waals surface area (Å²) in [7, 11) is 0. The summed E-state index contributed by atoms with van der Waals surface area (Å²) in [6.45, 7) is 6.98. The number of hydrogen-bond donors (Lipinski definition) is 1. The van der Waals surface area contributed by atoms with Gasteiger partial charge in [0.15, 0.2) is 0 Å². The average molecular weight is 449 g/mol. The zero-order valence-electron chi connectivity index (χ0n) is 18.3. The van der Waals surface area contributed by atoms with Crippen LogP contribution in [0.15, 0.2) is 65.7 Å². The molecule has 0 spiro atoms. The second kappa shape index (κ2) is 11.2. The van der Waals surface area contributed by atoms with Gasteiger partial charge in [-0.2, -0.15) is 0 Å². The molecule has 1 saturated heterocycles. The maximum Gasteiger partial charge on any atom is 0.251 e. The van der Waals surface area contributed by atoms with Crippen molar-refractivity contribution in [3.05, 3.63) is 77.4 Å². The van der Waals surface area contributed by atoms with Crippen LogP contribution in [0.25, 0.3) is 11.3 Å². The molecular formula is C25H28N4O2S. The highest BCUT2D eigenvalue weighted by Crippen LogP contribution is 2.23. The van der Waals surface area contributed by atoms with Gasteiger partial charge in [0.2, 0.25) is 0 Å². The van der Waals surface area contributed by atoms with Crippen molar-refractivity contribution >= 4 is 17.7 Å². The number of ether oxygens (including phenoxy) is 1. The number of benzene rings is 2. The number of aryl methyl sites for hydroxylation is 1. The molecule has 0 saturated carbocycles. The number of hydrogen-bond acceptors (Lipinski definition) is 6. The third-order valence-corrected chi connectivity index (χ3v) is 6.40. The smallest absolute Gasteiger partial charge is 0.251 e. The van der Waals surface area contributed by atoms with Gasteiger partial charge >= 0.3 is 0 Å². The van der Waals surface area contributed by atoms with Gasteiger partial charge in [0, 0.05) is 43.1 Å². The second-order valence-electron chi connectivity index (χ2n) is 7.82. The Bertz CT molecular complexity index is 1000. The summed E-state index contributed by atoms with van der Waals surface area (Å²) in [5.74, 6) is 0.743. The monoisotopic (exact) mass is 448 g/mol. The van der Waals surface area contributed by atoms with Gasteiger partial charge in [-0.3, -0.25) is 9.69 Å². The molecule has 0 bridgehead atoms. The minimum Gasteiger partial charge on any atom is -0.379 e. The maximum absolute atomic E-state index is 12.4. The predicted octanol–water partition coefficient (Wildman–Crippen LogP) is 3.81. The third-order valence-electron chi connectivity index (χ3n) is 5.41. The summed E-state index contributed by atoms with van der Waals surface area (Å²) in [5.41, 5.74) is 4.99. The maximum atomic E-state index is 12.4. The zero-order chi connectivity index (χ0) is 22.2. The van der Waals surface area contributed by atoms with E-state index in [1.807, 2.05) is 36.4 Å². The molecule has 32 heavy (non-hydrogen) atoms. The number of aromatic nitrogens is 2. The number of nitrogens with zero attached hydrogens (tertiary/aromatic N) is 3. The van der Waals surface area contributed by atoms with Crippen molar-refractivity contribution < 1.29 is 9.53 Å². The van der Waals surface area contributed by atoms with Crippen LogP contribution in [0.4, 0.5) is 0 Å². The first-order valence-corrected chi connectivity index (χ1v) is 11.9. The molecule has 1 aliphatic rings. The highest BCUT2D eigenvalue weighted by atomic mass is 32.2. The Morgan fingerprint density at radius 1 is 1.00 bits per heavy atom. The number of nitrogens with one attached hydrogen (secondary N) is 1. The van der Waals surface area contributed by atoms with Gasteiger partial charge in [0.05, 0.1) is 18.9 Å². The Morgan fingerprint density at radius 2 is 1.75 bits per heavy atom. The lowest BCUT2D eigenvalue weighted by molar-refractivity contribution is 0.0383. The van der Waals surface area contributed by atoms with Crippen molar-refractivity contribution in [2.45, 2.75) is 17.7 Å². The fourth-order valence-electron chi connectivity index (χ4n) is 3.44. The van der Waals surface area contributed by atoms with Gasteiger partial charge in [0.1, 0.15) is 5.03 Å². The largest absolute Gasteiger partial charge is 0.379 e. The molecule has 1 aromatic heterocycles. The Balaban J connectivity index is 1.23. The zero-order valence-corrected chi connectivity index (χ0v) is 19.1. The predicted molar refractivity (Wildman–Crippen MR) is 128 cm³/mol. The summed E-state index contributed by atoms with van der Waals surface area (Å²) >= 11 is 1.63. The van der Waals surface area contributed by atoms with E-state index in [-0.39, 0.29) is 5.91 Å². The van der Waals surface area contributed by atoms with Crippen LogP contribution in [-0.4, -0.2) is 60.4 Å². The number of carbonyl (C=O) groups is 1. The summed E-state index contributed by atoms with van der Waals surface area (Å²) < 4.78 is 5.34. The van der Waals surface area contributed by atoms with E-state index in [4.69, 9.17) is 4.74 Å². The number of rotatable bonds is 8. The molecule has 6 nitrogen and oxygen atoms in total. The molecule has 3 aromatic rings. The van der Waals surface area contributed by atoms with Crippen LogP contribution in [-0.2, 0) is 10.5 Å². The van der Waals surface area contributed by atoms with E-state index >= 15 is 0 Å². The highest BCUT2D eigenvalue weighted by molar-refractivity contribution is 7.98. The van der Waals surface area contributed by atoms with Gasteiger partial charge in [-0.15, -0.1) is 10.2 Å². The summed E-state index contributed by atoms with van der Waals surface area (Å²) in [5, 5.41) is 12.6. The van der Waals surface area contributed by atoms with Crippen LogP contribution in [0, 0.1) is 6.92 Å². The molecule has 1 N–H and O–H groups in total. The first kappa shape index (κ1) is 22.5. The quantitative estimate of drug-likeness (QED) is 0.529. The highest BCUT2D eigenvalue weighted by Gasteiger charge is 2.11. The summed E-state index contributed by atoms with van der Waals surface area (Å²) in [6, 6.07) is 20.0. The van der Waals surface area contributed by atoms with Crippen LogP contribution < -0.4 is 5.32 Å². The van der Waals surface area contributed by atoms with Crippen LogP contribution in [0.1, 0.15) is 21.5 Å². The fourth-order valence-corrected chi connectivity index (χ4v) is 4.21. The average Bonchev–Trinajstić information content (AvgIpc) is 2.84. The Kier molecular flexibility index (Phi) is 7.87. The minimum atomic E-state index is -0.0324. The van der Waals surface area contributed by atoms with Crippen LogP contribution in [0.5, 0.6) is 0 Å². The SMILES string of the molecule is Cc1ccc(-c2ccc(SCc3ccc(C(=O)NCCN4CCOCC4)cc3)nn2)cc1.